The molecule has 0 saturated carbocycles. The number of aromatic nitrogens is 2. The van der Waals surface area contributed by atoms with Crippen molar-refractivity contribution in [1.82, 2.24) is 10.1 Å². The third-order valence-electron chi connectivity index (χ3n) is 5.46. The van der Waals surface area contributed by atoms with Crippen LogP contribution < -0.4 is 16.0 Å². The molecule has 0 fully saturated rings. The molecule has 0 bridgehead atoms. The van der Waals surface area contributed by atoms with Gasteiger partial charge in [0.05, 0.1) is 0 Å². The lowest BCUT2D eigenvalue weighted by Gasteiger charge is -2.30. The highest BCUT2D eigenvalue weighted by atomic mass is 16.5. The number of anilines is 2. The molecular weight excluding hydrogens is 392 g/mol. The van der Waals surface area contributed by atoms with E-state index in [1.807, 2.05) is 24.3 Å². The summed E-state index contributed by atoms with van der Waals surface area (Å²) in [4.78, 5) is 28.7. The fourth-order valence-corrected chi connectivity index (χ4v) is 3.84. The quantitative estimate of drug-likeness (QED) is 0.531. The first-order valence-corrected chi connectivity index (χ1v) is 10.1. The number of hydrogen-bond donors (Lipinski definition) is 2. The van der Waals surface area contributed by atoms with Gasteiger partial charge in [-0.05, 0) is 53.9 Å². The van der Waals surface area contributed by atoms with Crippen LogP contribution in [0.2, 0.25) is 0 Å². The maximum atomic E-state index is 12.7. The standard InChI is InChI=1S/C24H20N4O3/c29-23(25-20-7-3-6-18(14-20)22-26-24(30)31-27-22)17-8-10-21(11-9-17)28-13-12-16-4-1-2-5-19(16)15-28/h1-11,14H,12-13,15H2,(H,25,29)(H,26,27,30). The van der Waals surface area contributed by atoms with E-state index in [9.17, 15) is 9.59 Å². The van der Waals surface area contributed by atoms with Crippen molar-refractivity contribution in [1.29, 1.82) is 0 Å². The Morgan fingerprint density at radius 2 is 1.81 bits per heavy atom. The molecule has 0 radical (unpaired) electrons. The summed E-state index contributed by atoms with van der Waals surface area (Å²) in [6.45, 7) is 1.83. The number of H-pyrrole nitrogens is 1. The Balaban J connectivity index is 1.28. The van der Waals surface area contributed by atoms with E-state index in [0.717, 1.165) is 25.2 Å². The number of amides is 1. The Bertz CT molecular complexity index is 1290. The summed E-state index contributed by atoms with van der Waals surface area (Å²) in [5.74, 6) is -0.517. The Hall–Kier alpha value is -4.13. The molecule has 5 rings (SSSR count). The van der Waals surface area contributed by atoms with Gasteiger partial charge in [0.15, 0.2) is 5.82 Å². The number of carbonyl (C=O) groups is 1. The van der Waals surface area contributed by atoms with Crippen LogP contribution in [0.25, 0.3) is 11.4 Å². The highest BCUT2D eigenvalue weighted by Gasteiger charge is 2.16. The molecule has 0 unspecified atom stereocenters. The summed E-state index contributed by atoms with van der Waals surface area (Å²) >= 11 is 0. The predicted octanol–water partition coefficient (Wildman–Crippen LogP) is 3.84. The number of hydrogen-bond acceptors (Lipinski definition) is 5. The molecule has 0 atom stereocenters. The van der Waals surface area contributed by atoms with Crippen LogP contribution in [-0.4, -0.2) is 22.6 Å². The number of benzene rings is 3. The minimum absolute atomic E-state index is 0.207. The zero-order chi connectivity index (χ0) is 21.2. The minimum atomic E-state index is -0.623. The third-order valence-corrected chi connectivity index (χ3v) is 5.46. The molecule has 3 aromatic carbocycles. The van der Waals surface area contributed by atoms with Gasteiger partial charge >= 0.3 is 5.76 Å². The van der Waals surface area contributed by atoms with Crippen molar-refractivity contribution in [3.63, 3.8) is 0 Å². The molecule has 7 heteroatoms. The van der Waals surface area contributed by atoms with Crippen LogP contribution in [0, 0.1) is 0 Å². The van der Waals surface area contributed by atoms with Crippen molar-refractivity contribution in [2.75, 3.05) is 16.8 Å². The summed E-state index contributed by atoms with van der Waals surface area (Å²) < 4.78 is 4.54. The molecule has 2 heterocycles. The molecule has 31 heavy (non-hydrogen) atoms. The van der Waals surface area contributed by atoms with Crippen molar-refractivity contribution in [3.05, 3.63) is 100 Å². The molecule has 1 aliphatic rings. The molecule has 7 nitrogen and oxygen atoms in total. The van der Waals surface area contributed by atoms with Gasteiger partial charge in [0.1, 0.15) is 0 Å². The maximum Gasteiger partial charge on any atom is 0.439 e. The maximum absolute atomic E-state index is 12.7. The Morgan fingerprint density at radius 3 is 2.58 bits per heavy atom. The zero-order valence-corrected chi connectivity index (χ0v) is 16.7. The lowest BCUT2D eigenvalue weighted by atomic mass is 9.99. The van der Waals surface area contributed by atoms with E-state index in [1.54, 1.807) is 24.3 Å². The Kier molecular flexibility index (Phi) is 4.84. The Morgan fingerprint density at radius 1 is 1.00 bits per heavy atom. The normalized spacial score (nSPS) is 13.0. The van der Waals surface area contributed by atoms with Crippen molar-refractivity contribution in [3.8, 4) is 11.4 Å². The summed E-state index contributed by atoms with van der Waals surface area (Å²) in [5.41, 5.74) is 5.67. The van der Waals surface area contributed by atoms with E-state index in [0.29, 0.717) is 22.6 Å². The fraction of sp³-hybridized carbons (Fsp3) is 0.125. The van der Waals surface area contributed by atoms with Crippen LogP contribution in [0.3, 0.4) is 0 Å². The number of carbonyl (C=O) groups excluding carboxylic acids is 1. The second-order valence-electron chi connectivity index (χ2n) is 7.47. The van der Waals surface area contributed by atoms with Crippen LogP contribution >= 0.6 is 0 Å². The second kappa shape index (κ2) is 7.95. The predicted molar refractivity (Wildman–Crippen MR) is 118 cm³/mol. The molecular formula is C24H20N4O3. The van der Waals surface area contributed by atoms with Crippen LogP contribution in [0.15, 0.2) is 82.1 Å². The van der Waals surface area contributed by atoms with Gasteiger partial charge < -0.3 is 10.2 Å². The summed E-state index contributed by atoms with van der Waals surface area (Å²) in [6.07, 6.45) is 1.02. The molecule has 154 valence electrons. The number of fused-ring (bicyclic) bond motifs is 1. The average Bonchev–Trinajstić information content (AvgIpc) is 3.25. The van der Waals surface area contributed by atoms with Crippen LogP contribution in [0.5, 0.6) is 0 Å². The highest BCUT2D eigenvalue weighted by Crippen LogP contribution is 2.25. The molecule has 4 aromatic rings. The summed E-state index contributed by atoms with van der Waals surface area (Å²) in [7, 11) is 0. The van der Waals surface area contributed by atoms with E-state index >= 15 is 0 Å². The van der Waals surface area contributed by atoms with Crippen molar-refractivity contribution in [2.24, 2.45) is 0 Å². The van der Waals surface area contributed by atoms with Gasteiger partial charge in [-0.2, -0.15) is 0 Å². The monoisotopic (exact) mass is 412 g/mol. The summed E-state index contributed by atoms with van der Waals surface area (Å²) in [6, 6.07) is 23.2. The van der Waals surface area contributed by atoms with E-state index in [4.69, 9.17) is 0 Å². The van der Waals surface area contributed by atoms with E-state index in [1.165, 1.54) is 11.1 Å². The minimum Gasteiger partial charge on any atom is -0.367 e. The first kappa shape index (κ1) is 18.9. The first-order valence-electron chi connectivity index (χ1n) is 10.1. The lowest BCUT2D eigenvalue weighted by molar-refractivity contribution is 0.102. The van der Waals surface area contributed by atoms with Gasteiger partial charge in [-0.1, -0.05) is 41.6 Å². The zero-order valence-electron chi connectivity index (χ0n) is 16.7. The van der Waals surface area contributed by atoms with E-state index in [-0.39, 0.29) is 5.91 Å². The highest BCUT2D eigenvalue weighted by molar-refractivity contribution is 6.04. The van der Waals surface area contributed by atoms with Crippen molar-refractivity contribution < 1.29 is 9.32 Å². The second-order valence-corrected chi connectivity index (χ2v) is 7.47. The van der Waals surface area contributed by atoms with Gasteiger partial charge in [-0.15, -0.1) is 0 Å². The van der Waals surface area contributed by atoms with Gasteiger partial charge in [0.25, 0.3) is 5.91 Å². The van der Waals surface area contributed by atoms with Gasteiger partial charge in [0, 0.05) is 35.6 Å². The van der Waals surface area contributed by atoms with E-state index < -0.39 is 5.76 Å². The molecule has 0 saturated heterocycles. The average molecular weight is 412 g/mol. The van der Waals surface area contributed by atoms with Crippen LogP contribution in [-0.2, 0) is 13.0 Å². The fourth-order valence-electron chi connectivity index (χ4n) is 3.84. The van der Waals surface area contributed by atoms with E-state index in [2.05, 4.69) is 49.1 Å². The Labute approximate surface area is 178 Å². The SMILES string of the molecule is O=C(Nc1cccc(-c2noc(=O)[nH]2)c1)c1ccc(N2CCc3ccccc3C2)cc1. The molecule has 1 aromatic heterocycles. The van der Waals surface area contributed by atoms with Crippen LogP contribution in [0.4, 0.5) is 11.4 Å². The number of rotatable bonds is 4. The molecule has 1 amide bonds. The van der Waals surface area contributed by atoms with Gasteiger partial charge in [-0.3, -0.25) is 14.3 Å². The smallest absolute Gasteiger partial charge is 0.367 e. The molecule has 1 aliphatic heterocycles. The first-order chi connectivity index (χ1) is 15.2. The van der Waals surface area contributed by atoms with Crippen molar-refractivity contribution >= 4 is 17.3 Å². The lowest BCUT2D eigenvalue weighted by Crippen LogP contribution is -2.30. The molecule has 2 N–H and O–H groups in total. The van der Waals surface area contributed by atoms with Crippen molar-refractivity contribution in [2.45, 2.75) is 13.0 Å². The van der Waals surface area contributed by atoms with Gasteiger partial charge in [-0.25, -0.2) is 4.79 Å². The molecule has 0 aliphatic carbocycles. The van der Waals surface area contributed by atoms with Crippen LogP contribution in [0.1, 0.15) is 21.5 Å². The largest absolute Gasteiger partial charge is 0.439 e. The number of nitrogens with zero attached hydrogens (tertiary/aromatic N) is 2. The van der Waals surface area contributed by atoms with Gasteiger partial charge in [0.2, 0.25) is 0 Å². The topological polar surface area (TPSA) is 91.2 Å². The number of aromatic amines is 1. The summed E-state index contributed by atoms with van der Waals surface area (Å²) in [5, 5.41) is 6.56. The third kappa shape index (κ3) is 3.98. The number of nitrogens with one attached hydrogen (secondary N) is 2. The molecule has 0 spiro atoms.